The summed E-state index contributed by atoms with van der Waals surface area (Å²) in [5.41, 5.74) is 2.35. The van der Waals surface area contributed by atoms with E-state index < -0.39 is 8.32 Å². The van der Waals surface area contributed by atoms with Crippen molar-refractivity contribution < 1.29 is 4.43 Å². The molecule has 0 atom stereocenters. The molecule has 1 heterocycles. The van der Waals surface area contributed by atoms with Crippen LogP contribution in [0.4, 0.5) is 0 Å². The first kappa shape index (κ1) is 21.3. The first-order valence-electron chi connectivity index (χ1n) is 9.70. The van der Waals surface area contributed by atoms with Crippen LogP contribution in [0.25, 0.3) is 0 Å². The van der Waals surface area contributed by atoms with E-state index in [1.165, 1.54) is 16.1 Å². The molecular formula is C23H29IN2OSi. The van der Waals surface area contributed by atoms with Gasteiger partial charge < -0.3 is 8.99 Å². The van der Waals surface area contributed by atoms with Crippen LogP contribution >= 0.6 is 22.6 Å². The molecule has 0 aliphatic rings. The predicted molar refractivity (Wildman–Crippen MR) is 128 cm³/mol. The number of rotatable bonds is 6. The molecule has 148 valence electrons. The Hall–Kier alpha value is -1.44. The maximum absolute atomic E-state index is 6.96. The Balaban J connectivity index is 2.00. The van der Waals surface area contributed by atoms with Crippen molar-refractivity contribution in [1.29, 1.82) is 0 Å². The third-order valence-corrected chi connectivity index (χ3v) is 11.5. The Morgan fingerprint density at radius 1 is 0.964 bits per heavy atom. The van der Waals surface area contributed by atoms with Gasteiger partial charge in [0.2, 0.25) is 0 Å². The Bertz CT molecular complexity index is 878. The van der Waals surface area contributed by atoms with Gasteiger partial charge in [0.05, 0.1) is 5.69 Å². The van der Waals surface area contributed by atoms with Gasteiger partial charge in [-0.3, -0.25) is 0 Å². The Labute approximate surface area is 183 Å². The van der Waals surface area contributed by atoms with E-state index >= 15 is 0 Å². The normalized spacial score (nSPS) is 12.4. The van der Waals surface area contributed by atoms with E-state index in [9.17, 15) is 0 Å². The molecule has 3 nitrogen and oxygen atoms in total. The van der Waals surface area contributed by atoms with Gasteiger partial charge in [-0.15, -0.1) is 0 Å². The van der Waals surface area contributed by atoms with Crippen molar-refractivity contribution in [3.63, 3.8) is 0 Å². The topological polar surface area (TPSA) is 27.1 Å². The first-order valence-corrected chi connectivity index (χ1v) is 12.7. The van der Waals surface area contributed by atoms with Crippen molar-refractivity contribution in [2.75, 3.05) is 6.61 Å². The van der Waals surface area contributed by atoms with Gasteiger partial charge in [-0.25, -0.2) is 4.98 Å². The zero-order valence-corrected chi connectivity index (χ0v) is 20.5. The molecule has 0 bridgehead atoms. The molecule has 0 aliphatic carbocycles. The van der Waals surface area contributed by atoms with E-state index in [1.807, 2.05) is 0 Å². The monoisotopic (exact) mass is 504 g/mol. The SMILES string of the molecule is Cc1c(CCO[Si](c2ccccc2)(c2ccccc2)C(C)(C)C)nc(I)n1C. The van der Waals surface area contributed by atoms with Crippen molar-refractivity contribution in [2.45, 2.75) is 39.2 Å². The Morgan fingerprint density at radius 3 is 1.86 bits per heavy atom. The molecule has 28 heavy (non-hydrogen) atoms. The van der Waals surface area contributed by atoms with Crippen LogP contribution in [0.5, 0.6) is 0 Å². The summed E-state index contributed by atoms with van der Waals surface area (Å²) in [5.74, 6) is 0. The lowest BCUT2D eigenvalue weighted by molar-refractivity contribution is 0.300. The molecule has 3 aromatic rings. The van der Waals surface area contributed by atoms with Crippen LogP contribution in [-0.2, 0) is 17.9 Å². The fourth-order valence-electron chi connectivity index (χ4n) is 3.90. The largest absolute Gasteiger partial charge is 0.407 e. The third kappa shape index (κ3) is 3.97. The molecule has 3 rings (SSSR count). The average Bonchev–Trinajstić information content (AvgIpc) is 2.92. The smallest absolute Gasteiger partial charge is 0.261 e. The summed E-state index contributed by atoms with van der Waals surface area (Å²) in [6, 6.07) is 21.6. The van der Waals surface area contributed by atoms with Gasteiger partial charge in [-0.1, -0.05) is 81.4 Å². The summed E-state index contributed by atoms with van der Waals surface area (Å²) >= 11 is 2.29. The Kier molecular flexibility index (Phi) is 6.46. The standard InChI is InChI=1S/C23H29IN2OSi/c1-18-21(25-22(24)26(18)5)16-17-27-28(23(2,3)4,19-12-8-6-9-13-19)20-14-10-7-11-15-20/h6-15H,16-17H2,1-5H3. The van der Waals surface area contributed by atoms with Crippen molar-refractivity contribution >= 4 is 41.3 Å². The van der Waals surface area contributed by atoms with Gasteiger partial charge in [-0.2, -0.15) is 0 Å². The van der Waals surface area contributed by atoms with Gasteiger partial charge >= 0.3 is 0 Å². The number of hydrogen-bond acceptors (Lipinski definition) is 2. The van der Waals surface area contributed by atoms with Gasteiger partial charge in [-0.05, 0) is 44.9 Å². The van der Waals surface area contributed by atoms with E-state index in [0.29, 0.717) is 6.61 Å². The molecule has 0 aliphatic heterocycles. The minimum atomic E-state index is -2.46. The molecule has 2 aromatic carbocycles. The summed E-state index contributed by atoms with van der Waals surface area (Å²) in [7, 11) is -0.398. The highest BCUT2D eigenvalue weighted by molar-refractivity contribution is 14.1. The molecule has 0 spiro atoms. The second-order valence-corrected chi connectivity index (χ2v) is 13.5. The van der Waals surface area contributed by atoms with Crippen molar-refractivity contribution in [3.8, 4) is 0 Å². The highest BCUT2D eigenvalue weighted by atomic mass is 127. The molecule has 0 radical (unpaired) electrons. The number of benzene rings is 2. The lowest BCUT2D eigenvalue weighted by Gasteiger charge is -2.43. The number of imidazole rings is 1. The van der Waals surface area contributed by atoms with E-state index in [1.54, 1.807) is 0 Å². The molecule has 0 unspecified atom stereocenters. The van der Waals surface area contributed by atoms with Gasteiger partial charge in [0.25, 0.3) is 8.32 Å². The van der Waals surface area contributed by atoms with Crippen molar-refractivity contribution in [3.05, 3.63) is 75.9 Å². The zero-order valence-electron chi connectivity index (χ0n) is 17.4. The van der Waals surface area contributed by atoms with Crippen molar-refractivity contribution in [1.82, 2.24) is 9.55 Å². The van der Waals surface area contributed by atoms with Crippen LogP contribution in [0.2, 0.25) is 5.04 Å². The molecule has 0 N–H and O–H groups in total. The van der Waals surface area contributed by atoms with E-state index in [4.69, 9.17) is 9.41 Å². The number of halogens is 1. The van der Waals surface area contributed by atoms with Crippen molar-refractivity contribution in [2.24, 2.45) is 7.05 Å². The molecule has 0 fully saturated rings. The van der Waals surface area contributed by atoms with E-state index in [2.05, 4.69) is 123 Å². The highest BCUT2D eigenvalue weighted by Crippen LogP contribution is 2.36. The quantitative estimate of drug-likeness (QED) is 0.367. The minimum absolute atomic E-state index is 0.00326. The predicted octanol–water partition coefficient (Wildman–Crippen LogP) is 4.45. The second kappa shape index (κ2) is 8.51. The summed E-state index contributed by atoms with van der Waals surface area (Å²) in [6.07, 6.45) is 0.827. The van der Waals surface area contributed by atoms with Gasteiger partial charge in [0.15, 0.2) is 3.83 Å². The lowest BCUT2D eigenvalue weighted by Crippen LogP contribution is -2.66. The maximum atomic E-state index is 6.96. The van der Waals surface area contributed by atoms with Gasteiger partial charge in [0, 0.05) is 25.8 Å². The van der Waals surface area contributed by atoms with Crippen LogP contribution in [0.1, 0.15) is 32.2 Å². The number of aromatic nitrogens is 2. The molecule has 1 aromatic heterocycles. The van der Waals surface area contributed by atoms with Crippen LogP contribution < -0.4 is 10.4 Å². The Morgan fingerprint density at radius 2 is 1.46 bits per heavy atom. The molecule has 0 saturated heterocycles. The number of nitrogens with zero attached hydrogens (tertiary/aromatic N) is 2. The first-order chi connectivity index (χ1) is 13.3. The van der Waals surface area contributed by atoms with Crippen LogP contribution in [-0.4, -0.2) is 24.5 Å². The minimum Gasteiger partial charge on any atom is -0.407 e. The average molecular weight is 504 g/mol. The van der Waals surface area contributed by atoms with Crippen LogP contribution in [0.3, 0.4) is 0 Å². The van der Waals surface area contributed by atoms with Crippen LogP contribution in [0.15, 0.2) is 60.7 Å². The highest BCUT2D eigenvalue weighted by Gasteiger charge is 2.50. The molecular weight excluding hydrogens is 475 g/mol. The fraction of sp³-hybridized carbons (Fsp3) is 0.348. The van der Waals surface area contributed by atoms with E-state index in [-0.39, 0.29) is 5.04 Å². The van der Waals surface area contributed by atoms with Gasteiger partial charge in [0.1, 0.15) is 0 Å². The number of hydrogen-bond donors (Lipinski definition) is 0. The maximum Gasteiger partial charge on any atom is 0.261 e. The third-order valence-electron chi connectivity index (χ3n) is 5.50. The molecule has 0 amide bonds. The fourth-order valence-corrected chi connectivity index (χ4v) is 9.12. The molecule has 0 saturated carbocycles. The summed E-state index contributed by atoms with van der Waals surface area (Å²) in [5, 5.41) is 2.64. The van der Waals surface area contributed by atoms with Crippen LogP contribution in [0, 0.1) is 10.8 Å². The lowest BCUT2D eigenvalue weighted by atomic mass is 10.2. The molecule has 5 heteroatoms. The summed E-state index contributed by atoms with van der Waals surface area (Å²) in [4.78, 5) is 4.72. The second-order valence-electron chi connectivity index (χ2n) is 8.23. The summed E-state index contributed by atoms with van der Waals surface area (Å²) < 4.78 is 10.1. The summed E-state index contributed by atoms with van der Waals surface area (Å²) in [6.45, 7) is 9.74. The zero-order chi connectivity index (χ0) is 20.4. The van der Waals surface area contributed by atoms with E-state index in [0.717, 1.165) is 15.9 Å².